The number of piperazine rings is 1. The van der Waals surface area contributed by atoms with Gasteiger partial charge in [0.05, 0.1) is 5.52 Å². The molecule has 4 rings (SSSR count). The highest BCUT2D eigenvalue weighted by Gasteiger charge is 2.33. The van der Waals surface area contributed by atoms with E-state index in [1.165, 1.54) is 6.07 Å². The second-order valence-corrected chi connectivity index (χ2v) is 8.47. The number of carbonyl (C=O) groups is 2. The molecular formula is C23H25F3N6O2. The molecule has 0 aliphatic carbocycles. The van der Waals surface area contributed by atoms with Crippen molar-refractivity contribution >= 4 is 28.4 Å². The van der Waals surface area contributed by atoms with Crippen LogP contribution in [-0.4, -0.2) is 68.6 Å². The van der Waals surface area contributed by atoms with Crippen LogP contribution >= 0.6 is 0 Å². The van der Waals surface area contributed by atoms with Gasteiger partial charge in [0.15, 0.2) is 0 Å². The predicted octanol–water partition coefficient (Wildman–Crippen LogP) is 3.26. The summed E-state index contributed by atoms with van der Waals surface area (Å²) in [6.45, 7) is 7.42. The Morgan fingerprint density at radius 2 is 1.82 bits per heavy atom. The Morgan fingerprint density at radius 3 is 2.50 bits per heavy atom. The van der Waals surface area contributed by atoms with E-state index in [-0.39, 0.29) is 18.1 Å². The average Bonchev–Trinajstić information content (AvgIpc) is 3.20. The smallest absolute Gasteiger partial charge is 0.339 e. The highest BCUT2D eigenvalue weighted by Crippen LogP contribution is 2.27. The van der Waals surface area contributed by atoms with E-state index in [1.807, 2.05) is 4.90 Å². The summed E-state index contributed by atoms with van der Waals surface area (Å²) in [5.74, 6) is -0.770. The summed E-state index contributed by atoms with van der Waals surface area (Å²) < 4.78 is 40.1. The van der Waals surface area contributed by atoms with Gasteiger partial charge in [-0.2, -0.15) is 18.3 Å². The first-order valence-electron chi connectivity index (χ1n) is 10.9. The van der Waals surface area contributed by atoms with Crippen molar-refractivity contribution < 1.29 is 22.8 Å². The lowest BCUT2D eigenvalue weighted by Gasteiger charge is -2.36. The topological polar surface area (TPSA) is 83.4 Å². The molecule has 180 valence electrons. The molecule has 3 aromatic rings. The molecule has 0 atom stereocenters. The largest absolute Gasteiger partial charge is 0.433 e. The normalized spacial score (nSPS) is 15.2. The third kappa shape index (κ3) is 5.36. The fourth-order valence-electron chi connectivity index (χ4n) is 3.88. The number of fused-ring (bicyclic) bond motifs is 1. The lowest BCUT2D eigenvalue weighted by atomic mass is 10.2. The second-order valence-electron chi connectivity index (χ2n) is 8.47. The quantitative estimate of drug-likeness (QED) is 0.614. The Hall–Kier alpha value is -3.47. The van der Waals surface area contributed by atoms with E-state index in [2.05, 4.69) is 34.1 Å². The number of aromatic nitrogens is 3. The molecule has 1 aliphatic heterocycles. The van der Waals surface area contributed by atoms with E-state index in [1.54, 1.807) is 29.1 Å². The van der Waals surface area contributed by atoms with Crippen molar-refractivity contribution in [1.29, 1.82) is 0 Å². The predicted molar refractivity (Wildman–Crippen MR) is 120 cm³/mol. The summed E-state index contributed by atoms with van der Waals surface area (Å²) in [5, 5.41) is 7.66. The molecule has 1 N–H and O–H groups in total. The first-order valence-corrected chi connectivity index (χ1v) is 10.9. The summed E-state index contributed by atoms with van der Waals surface area (Å²) in [5.41, 5.74) is -0.457. The number of rotatable bonds is 5. The van der Waals surface area contributed by atoms with Crippen LogP contribution in [0, 0.1) is 0 Å². The minimum Gasteiger partial charge on any atom is -0.339 e. The second kappa shape index (κ2) is 9.41. The molecule has 0 spiro atoms. The molecule has 3 heterocycles. The van der Waals surface area contributed by atoms with Gasteiger partial charge >= 0.3 is 6.18 Å². The molecule has 1 saturated heterocycles. The van der Waals surface area contributed by atoms with E-state index >= 15 is 0 Å². The standard InChI is InChI=1S/C23H25F3N6O2/c1-15(2)30-8-10-31(11-9-30)21(33)14-32-13-16-12-17(6-7-18(16)29-32)27-22(34)19-4-3-5-20(28-19)23(24,25)26/h3-7,12-13,15H,8-11,14H2,1-2H3,(H,27,34). The third-order valence-corrected chi connectivity index (χ3v) is 5.78. The molecule has 1 aliphatic rings. The molecule has 34 heavy (non-hydrogen) atoms. The lowest BCUT2D eigenvalue weighted by Crippen LogP contribution is -2.51. The van der Waals surface area contributed by atoms with Crippen LogP contribution < -0.4 is 5.32 Å². The van der Waals surface area contributed by atoms with Gasteiger partial charge in [0.2, 0.25) is 5.91 Å². The van der Waals surface area contributed by atoms with Crippen LogP contribution in [0.3, 0.4) is 0 Å². The Morgan fingerprint density at radius 1 is 1.09 bits per heavy atom. The van der Waals surface area contributed by atoms with Gasteiger partial charge in [0, 0.05) is 49.5 Å². The molecule has 0 saturated carbocycles. The number of hydrogen-bond acceptors (Lipinski definition) is 5. The maximum absolute atomic E-state index is 12.9. The number of pyridine rings is 1. The van der Waals surface area contributed by atoms with Gasteiger partial charge < -0.3 is 10.2 Å². The number of amides is 2. The van der Waals surface area contributed by atoms with Crippen molar-refractivity contribution in [2.24, 2.45) is 0 Å². The van der Waals surface area contributed by atoms with E-state index < -0.39 is 17.8 Å². The Kier molecular flexibility index (Phi) is 6.56. The molecule has 0 unspecified atom stereocenters. The molecule has 0 bridgehead atoms. The van der Waals surface area contributed by atoms with Gasteiger partial charge in [-0.15, -0.1) is 0 Å². The van der Waals surface area contributed by atoms with Gasteiger partial charge in [0.1, 0.15) is 17.9 Å². The van der Waals surface area contributed by atoms with Gasteiger partial charge in [0.25, 0.3) is 5.91 Å². The summed E-state index contributed by atoms with van der Waals surface area (Å²) in [6.07, 6.45) is -2.93. The van der Waals surface area contributed by atoms with Gasteiger partial charge in [-0.3, -0.25) is 19.2 Å². The van der Waals surface area contributed by atoms with Crippen molar-refractivity contribution in [2.75, 3.05) is 31.5 Å². The highest BCUT2D eigenvalue weighted by molar-refractivity contribution is 6.03. The Bertz CT molecular complexity index is 1200. The number of benzene rings is 1. The number of halogens is 3. The zero-order valence-corrected chi connectivity index (χ0v) is 18.8. The van der Waals surface area contributed by atoms with Gasteiger partial charge in [-0.25, -0.2) is 4.98 Å². The monoisotopic (exact) mass is 474 g/mol. The molecule has 2 amide bonds. The van der Waals surface area contributed by atoms with Crippen LogP contribution in [0.25, 0.3) is 10.9 Å². The summed E-state index contributed by atoms with van der Waals surface area (Å²) in [4.78, 5) is 32.7. The van der Waals surface area contributed by atoms with Crippen LogP contribution in [0.5, 0.6) is 0 Å². The number of hydrogen-bond donors (Lipinski definition) is 1. The van der Waals surface area contributed by atoms with E-state index in [0.717, 1.165) is 25.2 Å². The Labute approximate surface area is 194 Å². The summed E-state index contributed by atoms with van der Waals surface area (Å²) in [6, 6.07) is 8.53. The Balaban J connectivity index is 1.41. The minimum absolute atomic E-state index is 0.0136. The number of nitrogens with zero attached hydrogens (tertiary/aromatic N) is 5. The summed E-state index contributed by atoms with van der Waals surface area (Å²) in [7, 11) is 0. The zero-order valence-electron chi connectivity index (χ0n) is 18.8. The van der Waals surface area contributed by atoms with Crippen molar-refractivity contribution in [3.8, 4) is 0 Å². The van der Waals surface area contributed by atoms with Crippen LogP contribution in [0.2, 0.25) is 0 Å². The van der Waals surface area contributed by atoms with E-state index in [9.17, 15) is 22.8 Å². The highest BCUT2D eigenvalue weighted by atomic mass is 19.4. The maximum atomic E-state index is 12.9. The van der Waals surface area contributed by atoms with Crippen molar-refractivity contribution in [3.05, 3.63) is 54.0 Å². The number of carbonyl (C=O) groups excluding carboxylic acids is 2. The van der Waals surface area contributed by atoms with Crippen LogP contribution in [0.1, 0.15) is 30.0 Å². The van der Waals surface area contributed by atoms with Crippen LogP contribution in [0.4, 0.5) is 18.9 Å². The average molecular weight is 474 g/mol. The first kappa shape index (κ1) is 23.7. The van der Waals surface area contributed by atoms with Gasteiger partial charge in [-0.1, -0.05) is 6.07 Å². The number of alkyl halides is 3. The fraction of sp³-hybridized carbons (Fsp3) is 0.391. The van der Waals surface area contributed by atoms with Crippen LogP contribution in [0.15, 0.2) is 42.6 Å². The molecular weight excluding hydrogens is 449 g/mol. The van der Waals surface area contributed by atoms with Crippen molar-refractivity contribution in [1.82, 2.24) is 24.6 Å². The molecule has 1 fully saturated rings. The van der Waals surface area contributed by atoms with Gasteiger partial charge in [-0.05, 0) is 44.2 Å². The molecule has 1 aromatic carbocycles. The van der Waals surface area contributed by atoms with Crippen LogP contribution in [-0.2, 0) is 17.5 Å². The molecule has 2 aromatic heterocycles. The molecule has 8 nitrogen and oxygen atoms in total. The minimum atomic E-state index is -4.64. The van der Waals surface area contributed by atoms with Crippen molar-refractivity contribution in [2.45, 2.75) is 32.6 Å². The van der Waals surface area contributed by atoms with E-state index in [4.69, 9.17) is 0 Å². The SMILES string of the molecule is CC(C)N1CCN(C(=O)Cn2cc3cc(NC(=O)c4cccc(C(F)(F)F)n4)ccc3n2)CC1. The third-order valence-electron chi connectivity index (χ3n) is 5.78. The summed E-state index contributed by atoms with van der Waals surface area (Å²) >= 11 is 0. The molecule has 0 radical (unpaired) electrons. The lowest BCUT2D eigenvalue weighted by molar-refractivity contribution is -0.141. The van der Waals surface area contributed by atoms with E-state index in [0.29, 0.717) is 35.7 Å². The number of anilines is 1. The fourth-order valence-corrected chi connectivity index (χ4v) is 3.88. The maximum Gasteiger partial charge on any atom is 0.433 e. The zero-order chi connectivity index (χ0) is 24.5. The molecule has 11 heteroatoms. The first-order chi connectivity index (χ1) is 16.1. The number of nitrogens with one attached hydrogen (secondary N) is 1. The van der Waals surface area contributed by atoms with Crippen molar-refractivity contribution in [3.63, 3.8) is 0 Å².